The molecule has 2 heteroatoms. The number of carbonyl (C=O) groups is 1. The maximum Gasteiger partial charge on any atom is 0.176 e. The molecule has 13 heavy (non-hydrogen) atoms. The Morgan fingerprint density at radius 3 is 3.08 bits per heavy atom. The predicted molar refractivity (Wildman–Crippen MR) is 50.8 cm³/mol. The molecular formula is C11H11NO. The molecule has 0 aromatic rings. The molecule has 0 amide bonds. The summed E-state index contributed by atoms with van der Waals surface area (Å²) in [5.74, 6) is 0.155. The van der Waals surface area contributed by atoms with Crippen LogP contribution in [-0.2, 0) is 4.79 Å². The summed E-state index contributed by atoms with van der Waals surface area (Å²) in [5.41, 5.74) is 0.638. The van der Waals surface area contributed by atoms with Crippen LogP contribution in [0.5, 0.6) is 0 Å². The van der Waals surface area contributed by atoms with Crippen LogP contribution in [0.25, 0.3) is 0 Å². The van der Waals surface area contributed by atoms with Crippen LogP contribution in [0.15, 0.2) is 36.0 Å². The first kappa shape index (κ1) is 9.47. The molecular weight excluding hydrogens is 162 g/mol. The van der Waals surface area contributed by atoms with E-state index in [4.69, 9.17) is 5.26 Å². The third kappa shape index (κ3) is 2.72. The highest BCUT2D eigenvalue weighted by molar-refractivity contribution is 5.99. The molecule has 0 bridgehead atoms. The van der Waals surface area contributed by atoms with E-state index in [9.17, 15) is 4.79 Å². The summed E-state index contributed by atoms with van der Waals surface area (Å²) in [6.45, 7) is 2.00. The first-order chi connectivity index (χ1) is 6.24. The van der Waals surface area contributed by atoms with Gasteiger partial charge in [0, 0.05) is 5.57 Å². The number of carbonyl (C=O) groups excluding carboxylic acids is 1. The van der Waals surface area contributed by atoms with Gasteiger partial charge in [-0.3, -0.25) is 4.79 Å². The minimum Gasteiger partial charge on any atom is -0.293 e. The normalized spacial score (nSPS) is 20.3. The molecule has 1 unspecified atom stereocenters. The van der Waals surface area contributed by atoms with Gasteiger partial charge in [0.1, 0.15) is 0 Å². The second-order valence-corrected chi connectivity index (χ2v) is 2.98. The van der Waals surface area contributed by atoms with E-state index in [1.165, 1.54) is 0 Å². The van der Waals surface area contributed by atoms with Gasteiger partial charge in [0.2, 0.25) is 0 Å². The van der Waals surface area contributed by atoms with Gasteiger partial charge in [-0.05, 0) is 5.92 Å². The fraction of sp³-hybridized carbons (Fsp3) is 0.273. The highest BCUT2D eigenvalue weighted by Crippen LogP contribution is 2.12. The summed E-state index contributed by atoms with van der Waals surface area (Å²) in [5, 5.41) is 8.37. The molecule has 1 atom stereocenters. The summed E-state index contributed by atoms with van der Waals surface area (Å²) < 4.78 is 0. The van der Waals surface area contributed by atoms with Crippen LogP contribution in [0.3, 0.4) is 0 Å². The number of rotatable bonds is 2. The molecule has 0 radical (unpaired) electrons. The zero-order chi connectivity index (χ0) is 9.68. The number of nitriles is 1. The van der Waals surface area contributed by atoms with Crippen molar-refractivity contribution in [2.45, 2.75) is 13.3 Å². The third-order valence-corrected chi connectivity index (χ3v) is 1.81. The van der Waals surface area contributed by atoms with Crippen LogP contribution in [0, 0.1) is 17.2 Å². The molecule has 0 aromatic heterocycles. The molecule has 0 spiro atoms. The lowest BCUT2D eigenvalue weighted by atomic mass is 10.0. The fourth-order valence-electron chi connectivity index (χ4n) is 1.15. The molecule has 0 N–H and O–H groups in total. The zero-order valence-electron chi connectivity index (χ0n) is 7.53. The van der Waals surface area contributed by atoms with E-state index in [1.807, 2.05) is 37.3 Å². The minimum atomic E-state index is -0.102. The molecule has 0 heterocycles. The summed E-state index contributed by atoms with van der Waals surface area (Å²) in [6, 6.07) is 1.86. The molecule has 1 aliphatic rings. The lowest BCUT2D eigenvalue weighted by Gasteiger charge is -1.99. The van der Waals surface area contributed by atoms with E-state index in [0.29, 0.717) is 5.57 Å². The number of ketones is 1. The third-order valence-electron chi connectivity index (χ3n) is 1.81. The quantitative estimate of drug-likeness (QED) is 0.642. The van der Waals surface area contributed by atoms with Gasteiger partial charge >= 0.3 is 0 Å². The zero-order valence-corrected chi connectivity index (χ0v) is 7.53. The Hall–Kier alpha value is -1.62. The second-order valence-electron chi connectivity index (χ2n) is 2.98. The molecule has 0 fully saturated rings. The van der Waals surface area contributed by atoms with Crippen LogP contribution in [0.1, 0.15) is 13.3 Å². The topological polar surface area (TPSA) is 40.9 Å². The van der Waals surface area contributed by atoms with Gasteiger partial charge in [0.25, 0.3) is 0 Å². The largest absolute Gasteiger partial charge is 0.293 e. The Labute approximate surface area is 77.9 Å². The first-order valence-corrected chi connectivity index (χ1v) is 4.21. The van der Waals surface area contributed by atoms with Gasteiger partial charge in [-0.15, -0.1) is 0 Å². The standard InChI is InChI=1S/C11H11NO/c1-9-4-2-3-5-10(8-9)11(13)6-7-12/h2-5,8-9H,6H2,1H3. The van der Waals surface area contributed by atoms with Gasteiger partial charge < -0.3 is 0 Å². The van der Waals surface area contributed by atoms with E-state index in [-0.39, 0.29) is 18.1 Å². The van der Waals surface area contributed by atoms with Gasteiger partial charge in [0.15, 0.2) is 5.78 Å². The van der Waals surface area contributed by atoms with Crippen molar-refractivity contribution in [1.82, 2.24) is 0 Å². The van der Waals surface area contributed by atoms with Gasteiger partial charge in [-0.1, -0.05) is 37.3 Å². The molecule has 2 nitrogen and oxygen atoms in total. The summed E-state index contributed by atoms with van der Waals surface area (Å²) in [7, 11) is 0. The van der Waals surface area contributed by atoms with Gasteiger partial charge in [0.05, 0.1) is 12.5 Å². The highest BCUT2D eigenvalue weighted by atomic mass is 16.1. The molecule has 66 valence electrons. The number of nitrogens with zero attached hydrogens (tertiary/aromatic N) is 1. The Morgan fingerprint density at radius 2 is 2.38 bits per heavy atom. The molecule has 0 aliphatic heterocycles. The molecule has 0 saturated heterocycles. The van der Waals surface area contributed by atoms with Crippen molar-refractivity contribution >= 4 is 5.78 Å². The summed E-state index contributed by atoms with van der Waals surface area (Å²) in [6.07, 6.45) is 9.32. The smallest absolute Gasteiger partial charge is 0.176 e. The van der Waals surface area contributed by atoms with E-state index in [0.717, 1.165) is 0 Å². The second kappa shape index (κ2) is 4.42. The molecule has 0 aromatic carbocycles. The van der Waals surface area contributed by atoms with Crippen molar-refractivity contribution < 1.29 is 4.79 Å². The molecule has 1 rings (SSSR count). The summed E-state index contributed by atoms with van der Waals surface area (Å²) in [4.78, 5) is 11.3. The SMILES string of the molecule is CC1C=CC=CC(C(=O)CC#N)=C1. The van der Waals surface area contributed by atoms with Crippen molar-refractivity contribution in [3.05, 3.63) is 36.0 Å². The van der Waals surface area contributed by atoms with Crippen LogP contribution in [0.4, 0.5) is 0 Å². The Bertz CT molecular complexity index is 328. The monoisotopic (exact) mass is 173 g/mol. The van der Waals surface area contributed by atoms with Crippen LogP contribution in [-0.4, -0.2) is 5.78 Å². The highest BCUT2D eigenvalue weighted by Gasteiger charge is 2.07. The van der Waals surface area contributed by atoms with Crippen molar-refractivity contribution in [3.63, 3.8) is 0 Å². The fourth-order valence-corrected chi connectivity index (χ4v) is 1.15. The maximum absolute atomic E-state index is 11.3. The van der Waals surface area contributed by atoms with Crippen molar-refractivity contribution in [1.29, 1.82) is 5.26 Å². The molecule has 1 aliphatic carbocycles. The Morgan fingerprint density at radius 1 is 1.62 bits per heavy atom. The van der Waals surface area contributed by atoms with E-state index >= 15 is 0 Å². The Balaban J connectivity index is 2.81. The maximum atomic E-state index is 11.3. The average molecular weight is 173 g/mol. The van der Waals surface area contributed by atoms with Crippen molar-refractivity contribution in [3.8, 4) is 6.07 Å². The minimum absolute atomic E-state index is 0.0388. The predicted octanol–water partition coefficient (Wildman–Crippen LogP) is 2.16. The summed E-state index contributed by atoms with van der Waals surface area (Å²) >= 11 is 0. The molecule has 0 saturated carbocycles. The van der Waals surface area contributed by atoms with E-state index < -0.39 is 0 Å². The van der Waals surface area contributed by atoms with Crippen molar-refractivity contribution in [2.75, 3.05) is 0 Å². The Kier molecular flexibility index (Phi) is 3.22. The lowest BCUT2D eigenvalue weighted by molar-refractivity contribution is -0.114. The lowest BCUT2D eigenvalue weighted by Crippen LogP contribution is -2.00. The number of allylic oxidation sites excluding steroid dienone is 6. The van der Waals surface area contributed by atoms with Gasteiger partial charge in [-0.25, -0.2) is 0 Å². The number of Topliss-reactive ketones (excluding diaryl/α,β-unsaturated/α-hetero) is 1. The number of hydrogen-bond donors (Lipinski definition) is 0. The average Bonchev–Trinajstić information content (AvgIpc) is 2.30. The first-order valence-electron chi connectivity index (χ1n) is 4.21. The van der Waals surface area contributed by atoms with Crippen molar-refractivity contribution in [2.24, 2.45) is 5.92 Å². The van der Waals surface area contributed by atoms with Crippen LogP contribution >= 0.6 is 0 Å². The van der Waals surface area contributed by atoms with E-state index in [2.05, 4.69) is 0 Å². The van der Waals surface area contributed by atoms with E-state index in [1.54, 1.807) is 6.08 Å². The number of hydrogen-bond acceptors (Lipinski definition) is 2. The van der Waals surface area contributed by atoms with Crippen LogP contribution < -0.4 is 0 Å². The van der Waals surface area contributed by atoms with Gasteiger partial charge in [-0.2, -0.15) is 5.26 Å². The van der Waals surface area contributed by atoms with Crippen LogP contribution in [0.2, 0.25) is 0 Å².